The predicted molar refractivity (Wildman–Crippen MR) is 88.9 cm³/mol. The summed E-state index contributed by atoms with van der Waals surface area (Å²) >= 11 is 0. The van der Waals surface area contributed by atoms with E-state index in [4.69, 9.17) is 5.26 Å². The Kier molecular flexibility index (Phi) is 5.51. The number of benzene rings is 2. The van der Waals surface area contributed by atoms with E-state index in [1.165, 1.54) is 0 Å². The number of nitriles is 1. The highest BCUT2D eigenvalue weighted by Gasteiger charge is 2.18. The summed E-state index contributed by atoms with van der Waals surface area (Å²) in [7, 11) is 0. The lowest BCUT2D eigenvalue weighted by Crippen LogP contribution is -2.34. The Labute approximate surface area is 136 Å². The summed E-state index contributed by atoms with van der Waals surface area (Å²) in [5.41, 5.74) is 2.95. The van der Waals surface area contributed by atoms with Gasteiger partial charge in [-0.1, -0.05) is 29.8 Å². The van der Waals surface area contributed by atoms with Crippen molar-refractivity contribution in [2.75, 3.05) is 13.1 Å². The molecule has 0 aliphatic heterocycles. The summed E-state index contributed by atoms with van der Waals surface area (Å²) in [6.07, 6.45) is -0.724. The third kappa shape index (κ3) is 4.18. The van der Waals surface area contributed by atoms with Gasteiger partial charge in [-0.3, -0.25) is 4.79 Å². The van der Waals surface area contributed by atoms with Crippen LogP contribution in [0.15, 0.2) is 48.5 Å². The molecule has 2 aromatic carbocycles. The number of rotatable bonds is 5. The van der Waals surface area contributed by atoms with Crippen molar-refractivity contribution in [1.29, 1.82) is 5.26 Å². The number of carbonyl (C=O) groups is 1. The number of carbonyl (C=O) groups excluding carboxylic acids is 1. The van der Waals surface area contributed by atoms with E-state index in [0.29, 0.717) is 17.7 Å². The Bertz CT molecular complexity index is 700. The van der Waals surface area contributed by atoms with Gasteiger partial charge in [0.05, 0.1) is 24.3 Å². The largest absolute Gasteiger partial charge is 0.387 e. The molecule has 0 radical (unpaired) electrons. The van der Waals surface area contributed by atoms with Crippen LogP contribution in [-0.4, -0.2) is 29.0 Å². The van der Waals surface area contributed by atoms with Gasteiger partial charge in [0.15, 0.2) is 0 Å². The topological polar surface area (TPSA) is 64.3 Å². The third-order valence-corrected chi connectivity index (χ3v) is 3.79. The molecule has 1 atom stereocenters. The fourth-order valence-corrected chi connectivity index (χ4v) is 2.33. The van der Waals surface area contributed by atoms with Crippen molar-refractivity contribution < 1.29 is 9.90 Å². The number of likely N-dealkylation sites (N-methyl/N-ethyl adjacent to an activating group) is 1. The molecular formula is C19H20N2O2. The Morgan fingerprint density at radius 2 is 1.78 bits per heavy atom. The number of aliphatic hydroxyl groups excluding tert-OH is 1. The van der Waals surface area contributed by atoms with Gasteiger partial charge in [-0.05, 0) is 43.7 Å². The van der Waals surface area contributed by atoms with Gasteiger partial charge in [-0.15, -0.1) is 0 Å². The van der Waals surface area contributed by atoms with Crippen LogP contribution in [0.3, 0.4) is 0 Å². The molecule has 4 heteroatoms. The van der Waals surface area contributed by atoms with Crippen molar-refractivity contribution >= 4 is 5.91 Å². The van der Waals surface area contributed by atoms with Crippen LogP contribution in [0.2, 0.25) is 0 Å². The van der Waals surface area contributed by atoms with E-state index in [1.54, 1.807) is 29.2 Å². The Balaban J connectivity index is 2.10. The molecule has 1 unspecified atom stereocenters. The molecule has 2 rings (SSSR count). The third-order valence-electron chi connectivity index (χ3n) is 3.79. The SMILES string of the molecule is CCN(CC(O)c1ccc(C)cc1)C(=O)c1ccc(C#N)cc1. The first kappa shape index (κ1) is 16.7. The van der Waals surface area contributed by atoms with Crippen LogP contribution < -0.4 is 0 Å². The molecule has 0 fully saturated rings. The van der Waals surface area contributed by atoms with Crippen molar-refractivity contribution in [2.45, 2.75) is 20.0 Å². The zero-order valence-corrected chi connectivity index (χ0v) is 13.4. The summed E-state index contributed by atoms with van der Waals surface area (Å²) in [5.74, 6) is -0.150. The minimum atomic E-state index is -0.724. The van der Waals surface area contributed by atoms with Crippen LogP contribution in [0, 0.1) is 18.3 Å². The fraction of sp³-hybridized carbons (Fsp3) is 0.263. The summed E-state index contributed by atoms with van der Waals surface area (Å²) in [5, 5.41) is 19.2. The van der Waals surface area contributed by atoms with E-state index in [2.05, 4.69) is 0 Å². The molecule has 4 nitrogen and oxygen atoms in total. The maximum absolute atomic E-state index is 12.5. The molecule has 0 aromatic heterocycles. The minimum absolute atomic E-state index is 0.150. The van der Waals surface area contributed by atoms with Gasteiger partial charge in [0.2, 0.25) is 0 Å². The van der Waals surface area contributed by atoms with Crippen molar-refractivity contribution in [3.05, 3.63) is 70.8 Å². The van der Waals surface area contributed by atoms with E-state index in [0.717, 1.165) is 11.1 Å². The molecule has 0 saturated heterocycles. The lowest BCUT2D eigenvalue weighted by atomic mass is 10.1. The second kappa shape index (κ2) is 7.57. The quantitative estimate of drug-likeness (QED) is 0.923. The van der Waals surface area contributed by atoms with Gasteiger partial charge >= 0.3 is 0 Å². The number of hydrogen-bond donors (Lipinski definition) is 1. The van der Waals surface area contributed by atoms with Gasteiger partial charge in [0, 0.05) is 12.1 Å². The Morgan fingerprint density at radius 3 is 2.30 bits per heavy atom. The number of nitrogens with zero attached hydrogens (tertiary/aromatic N) is 2. The lowest BCUT2D eigenvalue weighted by molar-refractivity contribution is 0.0635. The molecule has 0 bridgehead atoms. The highest BCUT2D eigenvalue weighted by molar-refractivity contribution is 5.94. The first-order valence-electron chi connectivity index (χ1n) is 7.59. The minimum Gasteiger partial charge on any atom is -0.387 e. The first-order valence-corrected chi connectivity index (χ1v) is 7.59. The number of hydrogen-bond acceptors (Lipinski definition) is 3. The summed E-state index contributed by atoms with van der Waals surface area (Å²) in [6.45, 7) is 4.60. The van der Waals surface area contributed by atoms with E-state index >= 15 is 0 Å². The molecule has 0 saturated carbocycles. The van der Waals surface area contributed by atoms with Crippen LogP contribution in [0.5, 0.6) is 0 Å². The summed E-state index contributed by atoms with van der Waals surface area (Å²) in [4.78, 5) is 14.1. The molecule has 1 N–H and O–H groups in total. The van der Waals surface area contributed by atoms with E-state index in [-0.39, 0.29) is 12.5 Å². The zero-order chi connectivity index (χ0) is 16.8. The molecule has 0 aliphatic carbocycles. The maximum Gasteiger partial charge on any atom is 0.253 e. The van der Waals surface area contributed by atoms with Crippen LogP contribution in [0.4, 0.5) is 0 Å². The van der Waals surface area contributed by atoms with Crippen molar-refractivity contribution in [1.82, 2.24) is 4.90 Å². The van der Waals surface area contributed by atoms with Crippen molar-refractivity contribution in [3.63, 3.8) is 0 Å². The summed E-state index contributed by atoms with van der Waals surface area (Å²) in [6, 6.07) is 16.2. The Hall–Kier alpha value is -2.64. The molecule has 2 aromatic rings. The number of aryl methyl sites for hydroxylation is 1. The highest BCUT2D eigenvalue weighted by atomic mass is 16.3. The normalized spacial score (nSPS) is 11.6. The average Bonchev–Trinajstić information content (AvgIpc) is 2.59. The second-order valence-corrected chi connectivity index (χ2v) is 5.46. The van der Waals surface area contributed by atoms with Gasteiger partial charge in [0.25, 0.3) is 5.91 Å². The van der Waals surface area contributed by atoms with Gasteiger partial charge in [0.1, 0.15) is 0 Å². The molecule has 23 heavy (non-hydrogen) atoms. The van der Waals surface area contributed by atoms with E-state index < -0.39 is 6.10 Å². The maximum atomic E-state index is 12.5. The molecular weight excluding hydrogens is 288 g/mol. The molecule has 0 aliphatic rings. The van der Waals surface area contributed by atoms with Crippen LogP contribution in [0.1, 0.15) is 40.1 Å². The lowest BCUT2D eigenvalue weighted by Gasteiger charge is -2.24. The molecule has 0 spiro atoms. The van der Waals surface area contributed by atoms with Gasteiger partial charge < -0.3 is 10.0 Å². The standard InChI is InChI=1S/C19H20N2O2/c1-3-21(13-18(22)16-8-4-14(2)5-9-16)19(23)17-10-6-15(12-20)7-11-17/h4-11,18,22H,3,13H2,1-2H3. The first-order chi connectivity index (χ1) is 11.0. The predicted octanol–water partition coefficient (Wildman–Crippen LogP) is 3.06. The van der Waals surface area contributed by atoms with Crippen molar-refractivity contribution in [3.8, 4) is 6.07 Å². The average molecular weight is 308 g/mol. The van der Waals surface area contributed by atoms with Gasteiger partial charge in [-0.2, -0.15) is 5.26 Å². The second-order valence-electron chi connectivity index (χ2n) is 5.46. The van der Waals surface area contributed by atoms with Crippen LogP contribution in [0.25, 0.3) is 0 Å². The van der Waals surface area contributed by atoms with E-state index in [9.17, 15) is 9.90 Å². The molecule has 0 heterocycles. The van der Waals surface area contributed by atoms with E-state index in [1.807, 2.05) is 44.2 Å². The number of amides is 1. The highest BCUT2D eigenvalue weighted by Crippen LogP contribution is 2.17. The smallest absolute Gasteiger partial charge is 0.253 e. The van der Waals surface area contributed by atoms with Crippen LogP contribution >= 0.6 is 0 Å². The monoisotopic (exact) mass is 308 g/mol. The summed E-state index contributed by atoms with van der Waals surface area (Å²) < 4.78 is 0. The van der Waals surface area contributed by atoms with Crippen molar-refractivity contribution in [2.24, 2.45) is 0 Å². The Morgan fingerprint density at radius 1 is 1.17 bits per heavy atom. The van der Waals surface area contributed by atoms with Gasteiger partial charge in [-0.25, -0.2) is 0 Å². The molecule has 1 amide bonds. The molecule has 118 valence electrons. The number of aliphatic hydroxyl groups is 1. The van der Waals surface area contributed by atoms with Crippen LogP contribution in [-0.2, 0) is 0 Å². The fourth-order valence-electron chi connectivity index (χ4n) is 2.33. The zero-order valence-electron chi connectivity index (χ0n) is 13.4.